The monoisotopic (exact) mass is 264 g/mol. The van der Waals surface area contributed by atoms with Crippen LogP contribution in [0.1, 0.15) is 19.8 Å². The van der Waals surface area contributed by atoms with E-state index in [2.05, 4.69) is 10.6 Å². The van der Waals surface area contributed by atoms with Crippen LogP contribution in [0.3, 0.4) is 0 Å². The topological polar surface area (TPSA) is 110 Å². The van der Waals surface area contributed by atoms with Gasteiger partial charge in [-0.2, -0.15) is 0 Å². The molecule has 0 fully saturated rings. The fourth-order valence-corrected chi connectivity index (χ4v) is 1.73. The third-order valence-corrected chi connectivity index (χ3v) is 2.71. The SMILES string of the molecule is CCCC(CN)C(=O)Nc1ccc(NC(N)=O)cc1. The van der Waals surface area contributed by atoms with Crippen LogP contribution in [-0.2, 0) is 4.79 Å². The summed E-state index contributed by atoms with van der Waals surface area (Å²) in [4.78, 5) is 22.6. The Morgan fingerprint density at radius 1 is 1.16 bits per heavy atom. The molecule has 0 aliphatic carbocycles. The van der Waals surface area contributed by atoms with E-state index in [-0.39, 0.29) is 11.8 Å². The summed E-state index contributed by atoms with van der Waals surface area (Å²) in [5.41, 5.74) is 11.8. The summed E-state index contributed by atoms with van der Waals surface area (Å²) in [6.45, 7) is 2.35. The van der Waals surface area contributed by atoms with Crippen molar-refractivity contribution in [3.05, 3.63) is 24.3 Å². The van der Waals surface area contributed by atoms with Crippen LogP contribution in [-0.4, -0.2) is 18.5 Å². The third-order valence-electron chi connectivity index (χ3n) is 2.71. The molecule has 1 aromatic carbocycles. The molecule has 3 amide bonds. The number of hydrogen-bond donors (Lipinski definition) is 4. The van der Waals surface area contributed by atoms with Crippen molar-refractivity contribution in [3.63, 3.8) is 0 Å². The molecule has 0 aromatic heterocycles. The number of carbonyl (C=O) groups is 2. The van der Waals surface area contributed by atoms with Gasteiger partial charge in [0.25, 0.3) is 0 Å². The smallest absolute Gasteiger partial charge is 0.316 e. The Hall–Kier alpha value is -2.08. The Morgan fingerprint density at radius 2 is 1.68 bits per heavy atom. The van der Waals surface area contributed by atoms with Crippen LogP contribution in [0.25, 0.3) is 0 Å². The fourth-order valence-electron chi connectivity index (χ4n) is 1.73. The average molecular weight is 264 g/mol. The second kappa shape index (κ2) is 7.38. The van der Waals surface area contributed by atoms with Crippen LogP contribution in [0, 0.1) is 5.92 Å². The van der Waals surface area contributed by atoms with Crippen LogP contribution >= 0.6 is 0 Å². The van der Waals surface area contributed by atoms with E-state index in [4.69, 9.17) is 11.5 Å². The minimum atomic E-state index is -0.622. The van der Waals surface area contributed by atoms with E-state index >= 15 is 0 Å². The average Bonchev–Trinajstić information content (AvgIpc) is 2.37. The Balaban J connectivity index is 2.61. The standard InChI is InChI=1S/C13H20N4O2/c1-2-3-9(8-14)12(18)16-10-4-6-11(7-5-10)17-13(15)19/h4-7,9H,2-3,8,14H2,1H3,(H,16,18)(H3,15,17,19). The van der Waals surface area contributed by atoms with Gasteiger partial charge in [0, 0.05) is 17.9 Å². The highest BCUT2D eigenvalue weighted by Gasteiger charge is 2.15. The highest BCUT2D eigenvalue weighted by molar-refractivity contribution is 5.93. The number of nitrogens with one attached hydrogen (secondary N) is 2. The summed E-state index contributed by atoms with van der Waals surface area (Å²) < 4.78 is 0. The summed E-state index contributed by atoms with van der Waals surface area (Å²) in [5.74, 6) is -0.256. The molecule has 1 rings (SSSR count). The number of rotatable bonds is 6. The van der Waals surface area contributed by atoms with Crippen molar-refractivity contribution in [3.8, 4) is 0 Å². The van der Waals surface area contributed by atoms with Crippen LogP contribution < -0.4 is 22.1 Å². The van der Waals surface area contributed by atoms with Gasteiger partial charge in [-0.05, 0) is 30.7 Å². The molecule has 1 atom stereocenters. The number of primary amides is 1. The maximum atomic E-state index is 11.9. The predicted molar refractivity (Wildman–Crippen MR) is 75.7 cm³/mol. The molecule has 0 saturated heterocycles. The Morgan fingerprint density at radius 3 is 2.11 bits per heavy atom. The van der Waals surface area contributed by atoms with Gasteiger partial charge in [-0.3, -0.25) is 4.79 Å². The van der Waals surface area contributed by atoms with Crippen molar-refractivity contribution in [2.75, 3.05) is 17.2 Å². The number of benzene rings is 1. The molecule has 0 spiro atoms. The lowest BCUT2D eigenvalue weighted by molar-refractivity contribution is -0.119. The lowest BCUT2D eigenvalue weighted by Gasteiger charge is -2.14. The minimum Gasteiger partial charge on any atom is -0.351 e. The van der Waals surface area contributed by atoms with Crippen molar-refractivity contribution in [1.82, 2.24) is 0 Å². The highest BCUT2D eigenvalue weighted by atomic mass is 16.2. The number of urea groups is 1. The largest absolute Gasteiger partial charge is 0.351 e. The van der Waals surface area contributed by atoms with Gasteiger partial charge in [-0.25, -0.2) is 4.79 Å². The first kappa shape index (κ1) is 15.0. The van der Waals surface area contributed by atoms with E-state index in [1.54, 1.807) is 24.3 Å². The first-order valence-corrected chi connectivity index (χ1v) is 6.24. The number of nitrogens with two attached hydrogens (primary N) is 2. The van der Waals surface area contributed by atoms with Crippen LogP contribution in [0.5, 0.6) is 0 Å². The van der Waals surface area contributed by atoms with Crippen molar-refractivity contribution >= 4 is 23.3 Å². The van der Waals surface area contributed by atoms with Gasteiger partial charge < -0.3 is 22.1 Å². The zero-order chi connectivity index (χ0) is 14.3. The molecule has 1 unspecified atom stereocenters. The summed E-state index contributed by atoms with van der Waals surface area (Å²) in [7, 11) is 0. The molecule has 0 aliphatic heterocycles. The molecular formula is C13H20N4O2. The fraction of sp³-hybridized carbons (Fsp3) is 0.385. The quantitative estimate of drug-likeness (QED) is 0.624. The van der Waals surface area contributed by atoms with Crippen LogP contribution in [0.15, 0.2) is 24.3 Å². The normalized spacial score (nSPS) is 11.7. The lowest BCUT2D eigenvalue weighted by Crippen LogP contribution is -2.29. The third kappa shape index (κ3) is 4.97. The maximum Gasteiger partial charge on any atom is 0.316 e. The summed E-state index contributed by atoms with van der Waals surface area (Å²) in [6, 6.07) is 6.10. The molecule has 6 N–H and O–H groups in total. The molecule has 19 heavy (non-hydrogen) atoms. The first-order chi connectivity index (χ1) is 9.06. The molecule has 104 valence electrons. The Bertz CT molecular complexity index is 431. The van der Waals surface area contributed by atoms with E-state index in [0.717, 1.165) is 12.8 Å². The number of carbonyl (C=O) groups excluding carboxylic acids is 2. The number of amides is 3. The molecule has 1 aromatic rings. The van der Waals surface area contributed by atoms with E-state index in [0.29, 0.717) is 17.9 Å². The maximum absolute atomic E-state index is 11.9. The van der Waals surface area contributed by atoms with E-state index in [1.807, 2.05) is 6.92 Å². The summed E-state index contributed by atoms with van der Waals surface area (Å²) in [5, 5.41) is 5.24. The van der Waals surface area contributed by atoms with Crippen molar-refractivity contribution < 1.29 is 9.59 Å². The van der Waals surface area contributed by atoms with Crippen LogP contribution in [0.2, 0.25) is 0 Å². The zero-order valence-electron chi connectivity index (χ0n) is 11.0. The molecule has 0 radical (unpaired) electrons. The molecule has 0 aliphatic rings. The van der Waals surface area contributed by atoms with Gasteiger partial charge in [0.05, 0.1) is 5.92 Å². The summed E-state index contributed by atoms with van der Waals surface area (Å²) >= 11 is 0. The van der Waals surface area contributed by atoms with Crippen molar-refractivity contribution in [2.45, 2.75) is 19.8 Å². The van der Waals surface area contributed by atoms with Gasteiger partial charge >= 0.3 is 6.03 Å². The van der Waals surface area contributed by atoms with Crippen LogP contribution in [0.4, 0.5) is 16.2 Å². The molecule has 0 heterocycles. The van der Waals surface area contributed by atoms with E-state index in [1.165, 1.54) is 0 Å². The van der Waals surface area contributed by atoms with E-state index in [9.17, 15) is 9.59 Å². The first-order valence-electron chi connectivity index (χ1n) is 6.24. The van der Waals surface area contributed by atoms with Gasteiger partial charge in [-0.1, -0.05) is 13.3 Å². The zero-order valence-corrected chi connectivity index (χ0v) is 11.0. The molecule has 0 bridgehead atoms. The number of anilines is 2. The molecule has 0 saturated carbocycles. The summed E-state index contributed by atoms with van der Waals surface area (Å²) in [6.07, 6.45) is 1.68. The van der Waals surface area contributed by atoms with Gasteiger partial charge in [0.15, 0.2) is 0 Å². The second-order valence-electron chi connectivity index (χ2n) is 4.28. The second-order valence-corrected chi connectivity index (χ2v) is 4.28. The Labute approximate surface area is 112 Å². The highest BCUT2D eigenvalue weighted by Crippen LogP contribution is 2.15. The predicted octanol–water partition coefficient (Wildman–Crippen LogP) is 1.49. The van der Waals surface area contributed by atoms with Gasteiger partial charge in [0.2, 0.25) is 5.91 Å². The molecule has 6 nitrogen and oxygen atoms in total. The van der Waals surface area contributed by atoms with Gasteiger partial charge in [0.1, 0.15) is 0 Å². The Kier molecular flexibility index (Phi) is 5.81. The molecular weight excluding hydrogens is 244 g/mol. The van der Waals surface area contributed by atoms with Crippen molar-refractivity contribution in [1.29, 1.82) is 0 Å². The van der Waals surface area contributed by atoms with Crippen molar-refractivity contribution in [2.24, 2.45) is 17.4 Å². The van der Waals surface area contributed by atoms with E-state index < -0.39 is 6.03 Å². The number of hydrogen-bond acceptors (Lipinski definition) is 3. The lowest BCUT2D eigenvalue weighted by atomic mass is 10.0. The minimum absolute atomic E-state index is 0.0834. The van der Waals surface area contributed by atoms with Gasteiger partial charge in [-0.15, -0.1) is 0 Å². The molecule has 6 heteroatoms.